The van der Waals surface area contributed by atoms with E-state index in [1.807, 2.05) is 0 Å². The number of dihydropyridines is 1. The number of aromatic nitrogens is 1. The summed E-state index contributed by atoms with van der Waals surface area (Å²) in [6.07, 6.45) is 0. The molecular weight excluding hydrogens is 508 g/mol. The van der Waals surface area contributed by atoms with Gasteiger partial charge in [-0.1, -0.05) is 29.8 Å². The van der Waals surface area contributed by atoms with Gasteiger partial charge in [0, 0.05) is 16.1 Å². The lowest BCUT2D eigenvalue weighted by Gasteiger charge is -2.31. The summed E-state index contributed by atoms with van der Waals surface area (Å²) < 4.78 is 21.2. The first-order valence-corrected chi connectivity index (χ1v) is 12.5. The minimum Gasteiger partial charge on any atom is -0.466 e. The van der Waals surface area contributed by atoms with Crippen LogP contribution in [-0.2, 0) is 35.1 Å². The van der Waals surface area contributed by atoms with Gasteiger partial charge in [0.25, 0.3) is 0 Å². The first kappa shape index (κ1) is 27.4. The molecule has 0 aliphatic carbocycles. The molecule has 1 N–H and O–H groups in total. The van der Waals surface area contributed by atoms with E-state index in [0.717, 1.165) is 0 Å². The van der Waals surface area contributed by atoms with Crippen molar-refractivity contribution in [1.29, 1.82) is 0 Å². The summed E-state index contributed by atoms with van der Waals surface area (Å²) in [6.45, 7) is 5.59. The third kappa shape index (κ3) is 6.13. The molecule has 0 amide bonds. The van der Waals surface area contributed by atoms with Crippen molar-refractivity contribution in [1.82, 2.24) is 10.3 Å². The molecule has 0 bridgehead atoms. The molecule has 0 fully saturated rings. The lowest BCUT2D eigenvalue weighted by molar-refractivity contribution is -0.139. The second-order valence-corrected chi connectivity index (χ2v) is 8.91. The van der Waals surface area contributed by atoms with Crippen molar-refractivity contribution in [2.45, 2.75) is 33.3 Å². The van der Waals surface area contributed by atoms with Gasteiger partial charge < -0.3 is 24.3 Å². The number of halogens is 1. The molecule has 1 atom stereocenters. The van der Waals surface area contributed by atoms with E-state index >= 15 is 0 Å². The Labute approximate surface area is 218 Å². The first-order chi connectivity index (χ1) is 17.3. The fraction of sp³-hybridized carbons (Fsp3) is 0.360. The van der Waals surface area contributed by atoms with Crippen LogP contribution in [0, 0.1) is 0 Å². The quantitative estimate of drug-likeness (QED) is 0.355. The number of carbonyl (C=O) groups excluding carboxylic acids is 3. The van der Waals surface area contributed by atoms with E-state index in [-0.39, 0.29) is 43.3 Å². The van der Waals surface area contributed by atoms with Gasteiger partial charge in [-0.3, -0.25) is 0 Å². The zero-order valence-electron chi connectivity index (χ0n) is 20.4. The number of ether oxygens (including phenoxy) is 4. The standard InChI is InChI=1S/C25H27ClN2O7S/c1-5-34-23(29)18-13-36-19(28-18)12-33-11-17-22(25(31)35-6-2)21(15-9-7-8-10-16(15)26)20(14(3)27-17)24(30)32-4/h7-10,13,21,27H,5-6,11-12H2,1-4H3. The van der Waals surface area contributed by atoms with Gasteiger partial charge in [-0.2, -0.15) is 0 Å². The van der Waals surface area contributed by atoms with Gasteiger partial charge in [-0.15, -0.1) is 11.3 Å². The Morgan fingerprint density at radius 1 is 1.03 bits per heavy atom. The van der Waals surface area contributed by atoms with E-state index in [1.54, 1.807) is 50.4 Å². The molecule has 3 rings (SSSR count). The van der Waals surface area contributed by atoms with Gasteiger partial charge >= 0.3 is 17.9 Å². The number of rotatable bonds is 10. The van der Waals surface area contributed by atoms with Gasteiger partial charge in [-0.05, 0) is 32.4 Å². The lowest BCUT2D eigenvalue weighted by Crippen LogP contribution is -2.34. The van der Waals surface area contributed by atoms with E-state index in [1.165, 1.54) is 18.4 Å². The summed E-state index contributed by atoms with van der Waals surface area (Å²) in [5.74, 6) is -2.54. The van der Waals surface area contributed by atoms with Gasteiger partial charge in [0.15, 0.2) is 5.69 Å². The van der Waals surface area contributed by atoms with Crippen LogP contribution in [0.2, 0.25) is 5.02 Å². The average Bonchev–Trinajstić information content (AvgIpc) is 3.33. The Morgan fingerprint density at radius 2 is 1.72 bits per heavy atom. The maximum Gasteiger partial charge on any atom is 0.357 e. The Morgan fingerprint density at radius 3 is 2.39 bits per heavy atom. The van der Waals surface area contributed by atoms with Crippen LogP contribution in [0.4, 0.5) is 0 Å². The third-order valence-corrected chi connectivity index (χ3v) is 6.44. The summed E-state index contributed by atoms with van der Waals surface area (Å²) in [6, 6.07) is 6.97. The molecule has 0 saturated heterocycles. The molecule has 1 unspecified atom stereocenters. The molecule has 0 spiro atoms. The van der Waals surface area contributed by atoms with E-state index in [9.17, 15) is 14.4 Å². The number of hydrogen-bond donors (Lipinski definition) is 1. The molecule has 1 aliphatic heterocycles. The van der Waals surface area contributed by atoms with Crippen molar-refractivity contribution < 1.29 is 33.3 Å². The lowest BCUT2D eigenvalue weighted by atomic mass is 9.80. The summed E-state index contributed by atoms with van der Waals surface area (Å²) in [7, 11) is 1.28. The smallest absolute Gasteiger partial charge is 0.357 e. The highest BCUT2D eigenvalue weighted by atomic mass is 35.5. The topological polar surface area (TPSA) is 113 Å². The Bertz CT molecular complexity index is 1200. The largest absolute Gasteiger partial charge is 0.466 e. The second-order valence-electron chi connectivity index (χ2n) is 7.56. The van der Waals surface area contributed by atoms with Crippen LogP contribution in [0.3, 0.4) is 0 Å². The summed E-state index contributed by atoms with van der Waals surface area (Å²) in [5.41, 5.74) is 2.13. The minimum atomic E-state index is -0.833. The average molecular weight is 535 g/mol. The normalized spacial score (nSPS) is 15.4. The molecule has 36 heavy (non-hydrogen) atoms. The summed E-state index contributed by atoms with van der Waals surface area (Å²) in [4.78, 5) is 42.1. The molecule has 9 nitrogen and oxygen atoms in total. The predicted molar refractivity (Wildman–Crippen MR) is 133 cm³/mol. The van der Waals surface area contributed by atoms with Crippen LogP contribution < -0.4 is 5.32 Å². The number of nitrogens with one attached hydrogen (secondary N) is 1. The number of nitrogens with zero attached hydrogens (tertiary/aromatic N) is 1. The van der Waals surface area contributed by atoms with Crippen molar-refractivity contribution in [3.05, 3.63) is 73.5 Å². The monoisotopic (exact) mass is 534 g/mol. The van der Waals surface area contributed by atoms with Gasteiger partial charge in [0.2, 0.25) is 0 Å². The molecule has 1 aliphatic rings. The number of carbonyl (C=O) groups is 3. The zero-order chi connectivity index (χ0) is 26.2. The van der Waals surface area contributed by atoms with Crippen LogP contribution >= 0.6 is 22.9 Å². The fourth-order valence-corrected chi connectivity index (χ4v) is 4.72. The second kappa shape index (κ2) is 12.7. The van der Waals surface area contributed by atoms with Crippen molar-refractivity contribution in [2.24, 2.45) is 0 Å². The number of esters is 3. The van der Waals surface area contributed by atoms with Crippen molar-refractivity contribution in [3.8, 4) is 0 Å². The molecule has 2 heterocycles. The van der Waals surface area contributed by atoms with Crippen molar-refractivity contribution in [3.63, 3.8) is 0 Å². The highest BCUT2D eigenvalue weighted by Crippen LogP contribution is 2.41. The van der Waals surface area contributed by atoms with Gasteiger partial charge in [-0.25, -0.2) is 19.4 Å². The summed E-state index contributed by atoms with van der Waals surface area (Å²) >= 11 is 7.76. The summed E-state index contributed by atoms with van der Waals surface area (Å²) in [5, 5.41) is 5.67. The van der Waals surface area contributed by atoms with E-state index < -0.39 is 23.8 Å². The van der Waals surface area contributed by atoms with Crippen LogP contribution in [0.5, 0.6) is 0 Å². The number of methoxy groups -OCH3 is 1. The number of hydrogen-bond acceptors (Lipinski definition) is 10. The van der Waals surface area contributed by atoms with E-state index in [0.29, 0.717) is 27.0 Å². The number of allylic oxidation sites excluding steroid dienone is 1. The van der Waals surface area contributed by atoms with Crippen molar-refractivity contribution >= 4 is 40.8 Å². The third-order valence-electron chi connectivity index (χ3n) is 5.27. The van der Waals surface area contributed by atoms with Gasteiger partial charge in [0.05, 0.1) is 56.3 Å². The highest BCUT2D eigenvalue weighted by Gasteiger charge is 2.39. The fourth-order valence-electron chi connectivity index (χ4n) is 3.78. The molecule has 1 aromatic heterocycles. The molecule has 11 heteroatoms. The first-order valence-electron chi connectivity index (χ1n) is 11.2. The molecule has 0 radical (unpaired) electrons. The van der Waals surface area contributed by atoms with Crippen LogP contribution in [0.25, 0.3) is 0 Å². The minimum absolute atomic E-state index is 0.0186. The van der Waals surface area contributed by atoms with E-state index in [4.69, 9.17) is 30.5 Å². The Kier molecular flexibility index (Phi) is 9.63. The van der Waals surface area contributed by atoms with E-state index in [2.05, 4.69) is 10.3 Å². The van der Waals surface area contributed by atoms with Crippen molar-refractivity contribution in [2.75, 3.05) is 26.9 Å². The Balaban J connectivity index is 1.96. The maximum absolute atomic E-state index is 13.2. The van der Waals surface area contributed by atoms with Crippen LogP contribution in [0.1, 0.15) is 47.7 Å². The SMILES string of the molecule is CCOC(=O)C1=C(COCc2nc(C(=O)OCC)cs2)NC(C)=C(C(=O)OC)C1c1ccccc1Cl. The predicted octanol–water partition coefficient (Wildman–Crippen LogP) is 4.14. The van der Waals surface area contributed by atoms with Crippen LogP contribution in [-0.4, -0.2) is 49.8 Å². The number of benzene rings is 1. The molecule has 1 aromatic carbocycles. The molecule has 2 aromatic rings. The van der Waals surface area contributed by atoms with Gasteiger partial charge in [0.1, 0.15) is 5.01 Å². The molecule has 0 saturated carbocycles. The maximum atomic E-state index is 13.2. The molecular formula is C25H27ClN2O7S. The Hall–Kier alpha value is -3.21. The molecule has 192 valence electrons. The zero-order valence-corrected chi connectivity index (χ0v) is 22.0. The van der Waals surface area contributed by atoms with Crippen LogP contribution in [0.15, 0.2) is 52.2 Å². The highest BCUT2D eigenvalue weighted by molar-refractivity contribution is 7.09. The number of thiazole rings is 1.